The van der Waals surface area contributed by atoms with Crippen molar-refractivity contribution in [3.63, 3.8) is 0 Å². The van der Waals surface area contributed by atoms with E-state index in [1.807, 2.05) is 6.92 Å². The van der Waals surface area contributed by atoms with Crippen molar-refractivity contribution in [3.05, 3.63) is 0 Å². The largest absolute Gasteiger partial charge is 0.466 e. The maximum atomic E-state index is 11.4. The van der Waals surface area contributed by atoms with Gasteiger partial charge in [0, 0.05) is 32.2 Å². The summed E-state index contributed by atoms with van der Waals surface area (Å²) >= 11 is 0. The van der Waals surface area contributed by atoms with E-state index in [0.29, 0.717) is 12.6 Å². The van der Waals surface area contributed by atoms with Crippen molar-refractivity contribution in [2.24, 2.45) is 5.92 Å². The van der Waals surface area contributed by atoms with E-state index in [1.165, 1.54) is 0 Å². The summed E-state index contributed by atoms with van der Waals surface area (Å²) in [5, 5.41) is 3.29. The van der Waals surface area contributed by atoms with Crippen molar-refractivity contribution in [2.45, 2.75) is 13.0 Å². The van der Waals surface area contributed by atoms with Gasteiger partial charge in [-0.25, -0.2) is 0 Å². The molecule has 0 radical (unpaired) electrons. The highest BCUT2D eigenvalue weighted by molar-refractivity contribution is 5.74. The van der Waals surface area contributed by atoms with Crippen LogP contribution in [0.4, 0.5) is 0 Å². The van der Waals surface area contributed by atoms with Crippen molar-refractivity contribution in [1.29, 1.82) is 0 Å². The molecule has 0 aromatic carbocycles. The van der Waals surface area contributed by atoms with Crippen molar-refractivity contribution < 1.29 is 9.53 Å². The van der Waals surface area contributed by atoms with Crippen LogP contribution < -0.4 is 5.32 Å². The van der Waals surface area contributed by atoms with Gasteiger partial charge >= 0.3 is 5.97 Å². The minimum absolute atomic E-state index is 0.0209. The van der Waals surface area contributed by atoms with E-state index in [1.54, 1.807) is 0 Å². The van der Waals surface area contributed by atoms with Crippen LogP contribution in [-0.2, 0) is 9.53 Å². The van der Waals surface area contributed by atoms with Gasteiger partial charge in [0.15, 0.2) is 0 Å². The number of carbonyl (C=O) groups is 1. The van der Waals surface area contributed by atoms with E-state index in [4.69, 9.17) is 4.74 Å². The number of hydrogen-bond donors (Lipinski definition) is 1. The van der Waals surface area contributed by atoms with E-state index in [9.17, 15) is 4.79 Å². The quantitative estimate of drug-likeness (QED) is 0.585. The first-order chi connectivity index (χ1) is 6.33. The van der Waals surface area contributed by atoms with Gasteiger partial charge in [0.1, 0.15) is 0 Å². The summed E-state index contributed by atoms with van der Waals surface area (Å²) in [6.07, 6.45) is 0. The fraction of sp³-hybridized carbons (Fsp3) is 0.889. The van der Waals surface area contributed by atoms with Gasteiger partial charge in [-0.05, 0) is 6.92 Å². The number of ether oxygens (including phenoxy) is 1. The summed E-state index contributed by atoms with van der Waals surface area (Å²) in [5.41, 5.74) is 0. The van der Waals surface area contributed by atoms with Crippen LogP contribution in [-0.4, -0.2) is 49.7 Å². The highest BCUT2D eigenvalue weighted by Gasteiger charge is 2.44. The van der Waals surface area contributed by atoms with E-state index < -0.39 is 0 Å². The Morgan fingerprint density at radius 3 is 3.23 bits per heavy atom. The molecular weight excluding hydrogens is 168 g/mol. The summed E-state index contributed by atoms with van der Waals surface area (Å²) in [6, 6.07) is 0.396. The smallest absolute Gasteiger partial charge is 0.311 e. The zero-order valence-corrected chi connectivity index (χ0v) is 7.95. The fourth-order valence-electron chi connectivity index (χ4n) is 2.11. The van der Waals surface area contributed by atoms with Gasteiger partial charge in [-0.3, -0.25) is 9.69 Å². The highest BCUT2D eigenvalue weighted by Crippen LogP contribution is 2.26. The molecule has 4 nitrogen and oxygen atoms in total. The van der Waals surface area contributed by atoms with Crippen LogP contribution in [0, 0.1) is 5.92 Å². The van der Waals surface area contributed by atoms with Gasteiger partial charge in [0.05, 0.1) is 12.5 Å². The molecule has 0 aromatic heterocycles. The highest BCUT2D eigenvalue weighted by atomic mass is 16.5. The molecule has 0 saturated carbocycles. The molecule has 2 atom stereocenters. The summed E-state index contributed by atoms with van der Waals surface area (Å²) in [6.45, 7) is 6.30. The lowest BCUT2D eigenvalue weighted by Crippen LogP contribution is -2.67. The average Bonchev–Trinajstić information content (AvgIpc) is 2.07. The van der Waals surface area contributed by atoms with Crippen LogP contribution in [0.2, 0.25) is 0 Å². The van der Waals surface area contributed by atoms with E-state index in [0.717, 1.165) is 26.2 Å². The molecule has 13 heavy (non-hydrogen) atoms. The van der Waals surface area contributed by atoms with Crippen LogP contribution in [0.5, 0.6) is 0 Å². The third-order valence-corrected chi connectivity index (χ3v) is 2.88. The Morgan fingerprint density at radius 2 is 2.54 bits per heavy atom. The lowest BCUT2D eigenvalue weighted by Gasteiger charge is -2.49. The second-order valence-electron chi connectivity index (χ2n) is 3.62. The Balaban J connectivity index is 1.86. The molecule has 0 amide bonds. The Morgan fingerprint density at radius 1 is 1.69 bits per heavy atom. The molecule has 0 bridgehead atoms. The molecule has 2 unspecified atom stereocenters. The van der Waals surface area contributed by atoms with E-state index in [2.05, 4.69) is 10.2 Å². The Kier molecular flexibility index (Phi) is 2.51. The van der Waals surface area contributed by atoms with Crippen LogP contribution in [0.3, 0.4) is 0 Å². The molecule has 2 aliphatic heterocycles. The monoisotopic (exact) mass is 184 g/mol. The van der Waals surface area contributed by atoms with Crippen molar-refractivity contribution >= 4 is 5.97 Å². The first kappa shape index (κ1) is 8.97. The van der Waals surface area contributed by atoms with Crippen molar-refractivity contribution in [1.82, 2.24) is 10.2 Å². The Labute approximate surface area is 78.2 Å². The molecule has 2 aliphatic rings. The second kappa shape index (κ2) is 3.64. The minimum Gasteiger partial charge on any atom is -0.466 e. The zero-order chi connectivity index (χ0) is 9.26. The van der Waals surface area contributed by atoms with Gasteiger partial charge in [-0.15, -0.1) is 0 Å². The zero-order valence-electron chi connectivity index (χ0n) is 7.95. The standard InChI is InChI=1S/C9H16N2O2/c1-2-13-9(12)7-6-11-4-3-10-5-8(7)11/h7-8,10H,2-6H2,1H3. The number of nitrogens with one attached hydrogen (secondary N) is 1. The Hall–Kier alpha value is -0.610. The fourth-order valence-corrected chi connectivity index (χ4v) is 2.11. The van der Waals surface area contributed by atoms with Gasteiger partial charge in [0.25, 0.3) is 0 Å². The lowest BCUT2D eigenvalue weighted by molar-refractivity contribution is -0.159. The summed E-state index contributed by atoms with van der Waals surface area (Å²) in [5.74, 6) is 0.0974. The molecular formula is C9H16N2O2. The van der Waals surface area contributed by atoms with Gasteiger partial charge < -0.3 is 10.1 Å². The number of piperazine rings is 1. The minimum atomic E-state index is -0.0209. The molecule has 4 heteroatoms. The number of rotatable bonds is 2. The molecule has 2 saturated heterocycles. The first-order valence-electron chi connectivity index (χ1n) is 4.94. The van der Waals surface area contributed by atoms with Crippen LogP contribution in [0.25, 0.3) is 0 Å². The maximum absolute atomic E-state index is 11.4. The normalized spacial score (nSPS) is 33.3. The van der Waals surface area contributed by atoms with Gasteiger partial charge in [-0.1, -0.05) is 0 Å². The molecule has 0 aliphatic carbocycles. The SMILES string of the molecule is CCOC(=O)C1CN2CCNCC12. The van der Waals surface area contributed by atoms with Gasteiger partial charge in [0.2, 0.25) is 0 Å². The molecule has 2 fully saturated rings. The molecule has 1 N–H and O–H groups in total. The molecule has 0 aromatic rings. The first-order valence-corrected chi connectivity index (χ1v) is 4.94. The number of nitrogens with zero attached hydrogens (tertiary/aromatic N) is 1. The third kappa shape index (κ3) is 1.56. The molecule has 0 spiro atoms. The molecule has 74 valence electrons. The molecule has 2 heterocycles. The summed E-state index contributed by atoms with van der Waals surface area (Å²) in [4.78, 5) is 13.7. The van der Waals surface area contributed by atoms with Crippen molar-refractivity contribution in [2.75, 3.05) is 32.8 Å². The Bertz CT molecular complexity index is 208. The topological polar surface area (TPSA) is 41.6 Å². The van der Waals surface area contributed by atoms with Crippen LogP contribution in [0.15, 0.2) is 0 Å². The third-order valence-electron chi connectivity index (χ3n) is 2.88. The molecule has 2 rings (SSSR count). The maximum Gasteiger partial charge on any atom is 0.311 e. The number of esters is 1. The van der Waals surface area contributed by atoms with Gasteiger partial charge in [-0.2, -0.15) is 0 Å². The van der Waals surface area contributed by atoms with Crippen LogP contribution >= 0.6 is 0 Å². The lowest BCUT2D eigenvalue weighted by atomic mass is 9.87. The average molecular weight is 184 g/mol. The van der Waals surface area contributed by atoms with E-state index >= 15 is 0 Å². The van der Waals surface area contributed by atoms with Crippen LogP contribution in [0.1, 0.15) is 6.92 Å². The van der Waals surface area contributed by atoms with Crippen molar-refractivity contribution in [3.8, 4) is 0 Å². The number of hydrogen-bond acceptors (Lipinski definition) is 4. The number of carbonyl (C=O) groups excluding carboxylic acids is 1. The second-order valence-corrected chi connectivity index (χ2v) is 3.62. The summed E-state index contributed by atoms with van der Waals surface area (Å²) < 4.78 is 5.00. The predicted molar refractivity (Wildman–Crippen MR) is 48.4 cm³/mol. The predicted octanol–water partition coefficient (Wildman–Crippen LogP) is -0.547. The number of fused-ring (bicyclic) bond motifs is 1. The van der Waals surface area contributed by atoms with E-state index in [-0.39, 0.29) is 11.9 Å². The summed E-state index contributed by atoms with van der Waals surface area (Å²) in [7, 11) is 0.